The van der Waals surface area contributed by atoms with Crippen molar-refractivity contribution in [3.8, 4) is 0 Å². The van der Waals surface area contributed by atoms with Gasteiger partial charge < -0.3 is 9.32 Å². The number of amides is 2. The van der Waals surface area contributed by atoms with Crippen molar-refractivity contribution in [2.24, 2.45) is 28.7 Å². The van der Waals surface area contributed by atoms with Crippen molar-refractivity contribution >= 4 is 28.6 Å². The third-order valence-electron chi connectivity index (χ3n) is 8.27. The van der Waals surface area contributed by atoms with Crippen molar-refractivity contribution < 1.29 is 27.2 Å². The van der Waals surface area contributed by atoms with Crippen molar-refractivity contribution in [1.29, 1.82) is 0 Å². The summed E-state index contributed by atoms with van der Waals surface area (Å²) in [5.74, 6) is 0.714. The number of hydrogen-bond acceptors (Lipinski definition) is 4. The number of nitrogens with zero attached hydrogens (tertiary/aromatic N) is 2. The van der Waals surface area contributed by atoms with Crippen molar-refractivity contribution in [1.82, 2.24) is 4.90 Å². The number of aryl methyl sites for hydroxylation is 1. The predicted molar refractivity (Wildman–Crippen MR) is 124 cm³/mol. The topological polar surface area (TPSA) is 62.9 Å². The number of rotatable bonds is 5. The predicted octanol–water partition coefficient (Wildman–Crippen LogP) is 6.11. The third-order valence-corrected chi connectivity index (χ3v) is 9.55. The maximum atomic E-state index is 13.3. The molecule has 2 amide bonds. The van der Waals surface area contributed by atoms with E-state index in [1.54, 1.807) is 11.8 Å². The standard InChI is InChI=1S/C25H31F3N2O3S/c1-14-9-19(21(33-14)25(26,27)28)22(31)30-7-5-15(6-8-30)13-24(2)23(32)29-20(34-24)12-18-11-16-3-4-17(18)10-16/h9,15-18H,3-8,10-13H2,1-2H3/t16-,17+,18-,24?/m1/s1. The number of alkyl halides is 3. The van der Waals surface area contributed by atoms with E-state index in [1.165, 1.54) is 43.6 Å². The maximum absolute atomic E-state index is 13.3. The Kier molecular flexibility index (Phi) is 6.14. The number of halogens is 3. The highest BCUT2D eigenvalue weighted by Crippen LogP contribution is 2.51. The van der Waals surface area contributed by atoms with Crippen molar-refractivity contribution in [3.63, 3.8) is 0 Å². The fourth-order valence-electron chi connectivity index (χ4n) is 6.57. The minimum absolute atomic E-state index is 0.0575. The third kappa shape index (κ3) is 4.56. The van der Waals surface area contributed by atoms with Gasteiger partial charge in [0.05, 0.1) is 10.6 Å². The van der Waals surface area contributed by atoms with E-state index in [0.717, 1.165) is 23.3 Å². The smallest absolute Gasteiger partial charge is 0.450 e. The maximum Gasteiger partial charge on any atom is 0.450 e. The molecule has 1 saturated heterocycles. The van der Waals surface area contributed by atoms with Crippen LogP contribution in [0.3, 0.4) is 0 Å². The van der Waals surface area contributed by atoms with E-state index in [2.05, 4.69) is 4.99 Å². The Labute approximate surface area is 201 Å². The summed E-state index contributed by atoms with van der Waals surface area (Å²) in [6, 6.07) is 1.17. The monoisotopic (exact) mass is 496 g/mol. The van der Waals surface area contributed by atoms with Crippen LogP contribution < -0.4 is 0 Å². The molecule has 5 rings (SSSR count). The zero-order chi connectivity index (χ0) is 24.3. The first-order chi connectivity index (χ1) is 16.0. The van der Waals surface area contributed by atoms with Crippen LogP contribution in [0.4, 0.5) is 13.2 Å². The molecule has 0 spiro atoms. The largest absolute Gasteiger partial charge is 0.456 e. The highest BCUT2D eigenvalue weighted by molar-refractivity contribution is 8.16. The molecule has 3 heterocycles. The molecular formula is C25H31F3N2O3S. The molecule has 2 saturated carbocycles. The average molecular weight is 497 g/mol. The summed E-state index contributed by atoms with van der Waals surface area (Å²) < 4.78 is 44.0. The summed E-state index contributed by atoms with van der Waals surface area (Å²) in [5, 5.41) is 0.979. The van der Waals surface area contributed by atoms with Crippen molar-refractivity contribution in [2.45, 2.75) is 76.1 Å². The number of carbonyl (C=O) groups is 2. The zero-order valence-corrected chi connectivity index (χ0v) is 20.4. The van der Waals surface area contributed by atoms with Gasteiger partial charge in [-0.15, -0.1) is 0 Å². The first-order valence-corrected chi connectivity index (χ1v) is 13.1. The van der Waals surface area contributed by atoms with Gasteiger partial charge in [0.15, 0.2) is 0 Å². The Morgan fingerprint density at radius 3 is 2.59 bits per heavy atom. The van der Waals surface area contributed by atoms with Gasteiger partial charge in [-0.2, -0.15) is 13.2 Å². The minimum atomic E-state index is -4.71. The van der Waals surface area contributed by atoms with Crippen molar-refractivity contribution in [2.75, 3.05) is 13.1 Å². The van der Waals surface area contributed by atoms with E-state index >= 15 is 0 Å². The number of piperidine rings is 1. The van der Waals surface area contributed by atoms with E-state index in [-0.39, 0.29) is 17.6 Å². The molecule has 1 unspecified atom stereocenters. The quantitative estimate of drug-likeness (QED) is 0.494. The lowest BCUT2D eigenvalue weighted by molar-refractivity contribution is -0.153. The Morgan fingerprint density at radius 2 is 1.97 bits per heavy atom. The van der Waals surface area contributed by atoms with Crippen LogP contribution in [-0.2, 0) is 11.0 Å². The average Bonchev–Trinajstić information content (AvgIpc) is 3.52. The molecule has 0 radical (unpaired) electrons. The van der Waals surface area contributed by atoms with Crippen LogP contribution in [0, 0.1) is 30.6 Å². The van der Waals surface area contributed by atoms with Crippen LogP contribution in [0.2, 0.25) is 0 Å². The van der Waals surface area contributed by atoms with E-state index < -0.39 is 28.2 Å². The molecule has 2 aliphatic carbocycles. The molecule has 2 aliphatic heterocycles. The fourth-order valence-corrected chi connectivity index (χ4v) is 7.97. The second-order valence-electron chi connectivity index (χ2n) is 10.8. The molecular weight excluding hydrogens is 465 g/mol. The Bertz CT molecular complexity index is 1010. The van der Waals surface area contributed by atoms with Gasteiger partial charge in [0.1, 0.15) is 10.5 Å². The number of thioether (sulfide) groups is 1. The summed E-state index contributed by atoms with van der Waals surface area (Å²) in [7, 11) is 0. The van der Waals surface area contributed by atoms with E-state index in [4.69, 9.17) is 4.42 Å². The van der Waals surface area contributed by atoms with Crippen LogP contribution in [-0.4, -0.2) is 39.6 Å². The van der Waals surface area contributed by atoms with Gasteiger partial charge in [-0.3, -0.25) is 9.59 Å². The van der Waals surface area contributed by atoms with Gasteiger partial charge in [0, 0.05) is 13.1 Å². The summed E-state index contributed by atoms with van der Waals surface area (Å²) in [6.45, 7) is 4.12. The first-order valence-electron chi connectivity index (χ1n) is 12.3. The van der Waals surface area contributed by atoms with Crippen LogP contribution in [0.15, 0.2) is 15.5 Å². The minimum Gasteiger partial charge on any atom is -0.456 e. The lowest BCUT2D eigenvalue weighted by Crippen LogP contribution is -2.41. The molecule has 1 aromatic rings. The lowest BCUT2D eigenvalue weighted by atomic mass is 9.86. The van der Waals surface area contributed by atoms with Gasteiger partial charge >= 0.3 is 6.18 Å². The first kappa shape index (κ1) is 23.9. The number of carbonyl (C=O) groups excluding carboxylic acids is 2. The summed E-state index contributed by atoms with van der Waals surface area (Å²) in [4.78, 5) is 31.5. The number of fused-ring (bicyclic) bond motifs is 2. The molecule has 0 N–H and O–H groups in total. The SMILES string of the molecule is Cc1cc(C(=O)N2CCC(CC3(C)SC(C[C@H]4C[C@@H]5CC[C@H]4C5)=NC3=O)CC2)c(C(F)(F)F)o1. The van der Waals surface area contributed by atoms with Gasteiger partial charge in [-0.25, -0.2) is 4.99 Å². The Balaban J connectivity index is 1.15. The van der Waals surface area contributed by atoms with Crippen LogP contribution in [0.25, 0.3) is 0 Å². The fraction of sp³-hybridized carbons (Fsp3) is 0.720. The molecule has 4 aliphatic rings. The summed E-state index contributed by atoms with van der Waals surface area (Å²) in [5.41, 5.74) is -0.421. The van der Waals surface area contributed by atoms with Crippen LogP contribution >= 0.6 is 11.8 Å². The van der Waals surface area contributed by atoms with Gasteiger partial charge in [0.2, 0.25) is 5.76 Å². The highest BCUT2D eigenvalue weighted by Gasteiger charge is 2.46. The number of likely N-dealkylation sites (tertiary alicyclic amines) is 1. The van der Waals surface area contributed by atoms with Gasteiger partial charge in [-0.05, 0) is 88.5 Å². The molecule has 9 heteroatoms. The van der Waals surface area contributed by atoms with Crippen molar-refractivity contribution in [3.05, 3.63) is 23.2 Å². The number of aliphatic imine (C=N–C) groups is 1. The van der Waals surface area contributed by atoms with E-state index in [9.17, 15) is 22.8 Å². The Morgan fingerprint density at radius 1 is 1.24 bits per heavy atom. The molecule has 1 aromatic heterocycles. The second-order valence-corrected chi connectivity index (χ2v) is 12.4. The number of furan rings is 1. The summed E-state index contributed by atoms with van der Waals surface area (Å²) in [6.07, 6.45) is 3.51. The molecule has 186 valence electrons. The molecule has 5 nitrogen and oxygen atoms in total. The summed E-state index contributed by atoms with van der Waals surface area (Å²) >= 11 is 1.62. The molecule has 34 heavy (non-hydrogen) atoms. The van der Waals surface area contributed by atoms with Crippen LogP contribution in [0.5, 0.6) is 0 Å². The van der Waals surface area contributed by atoms with E-state index in [0.29, 0.717) is 38.3 Å². The number of hydrogen-bond donors (Lipinski definition) is 0. The normalized spacial score (nSPS) is 32.0. The molecule has 2 bridgehead atoms. The molecule has 0 aromatic carbocycles. The molecule has 4 atom stereocenters. The highest BCUT2D eigenvalue weighted by atomic mass is 32.2. The molecule has 3 fully saturated rings. The van der Waals surface area contributed by atoms with Gasteiger partial charge in [-0.1, -0.05) is 18.2 Å². The Hall–Kier alpha value is -1.77. The second kappa shape index (κ2) is 8.71. The van der Waals surface area contributed by atoms with Gasteiger partial charge in [0.25, 0.3) is 11.8 Å². The van der Waals surface area contributed by atoms with Crippen LogP contribution in [0.1, 0.15) is 80.2 Å². The van der Waals surface area contributed by atoms with E-state index in [1.807, 2.05) is 6.92 Å². The lowest BCUT2D eigenvalue weighted by Gasteiger charge is -2.35. The zero-order valence-electron chi connectivity index (χ0n) is 19.6.